The summed E-state index contributed by atoms with van der Waals surface area (Å²) in [6.45, 7) is 0. The average Bonchev–Trinajstić information content (AvgIpc) is 3.49. The van der Waals surface area contributed by atoms with Gasteiger partial charge in [-0.15, -0.1) is 0 Å². The fraction of sp³-hybridized carbons (Fsp3) is 0.0200. The highest BCUT2D eigenvalue weighted by Crippen LogP contribution is 2.62. The normalized spacial score (nSPS) is 14.9. The molecule has 2 aliphatic rings. The SMILES string of the molecule is c1ccc(-c2nc(-c3cccnc3)cc(-c3ccc4c(c3)C3(c5ccccc5-c5ccccc5-4)c4ccccc4-c4c3ccc3ccccc43)n2)cc1. The molecule has 3 heteroatoms. The van der Waals surface area contributed by atoms with Crippen LogP contribution in [0.15, 0.2) is 188 Å². The Bertz CT molecular complexity index is 2840. The van der Waals surface area contributed by atoms with Gasteiger partial charge in [0, 0.05) is 29.1 Å². The van der Waals surface area contributed by atoms with Crippen LogP contribution in [0.2, 0.25) is 0 Å². The number of fused-ring (bicyclic) bond motifs is 14. The number of aromatic nitrogens is 3. The number of benzene rings is 7. The predicted octanol–water partition coefficient (Wildman–Crippen LogP) is 12.0. The van der Waals surface area contributed by atoms with E-state index in [-0.39, 0.29) is 0 Å². The van der Waals surface area contributed by atoms with Gasteiger partial charge in [0.05, 0.1) is 16.8 Å². The highest BCUT2D eigenvalue weighted by molar-refractivity contribution is 6.06. The molecule has 2 aliphatic carbocycles. The van der Waals surface area contributed by atoms with E-state index in [4.69, 9.17) is 9.97 Å². The van der Waals surface area contributed by atoms with Gasteiger partial charge in [0.2, 0.25) is 0 Å². The first kappa shape index (κ1) is 29.7. The summed E-state index contributed by atoms with van der Waals surface area (Å²) >= 11 is 0. The summed E-state index contributed by atoms with van der Waals surface area (Å²) in [7, 11) is 0. The fourth-order valence-electron chi connectivity index (χ4n) is 8.99. The maximum Gasteiger partial charge on any atom is 0.160 e. The molecule has 9 aromatic rings. The lowest BCUT2D eigenvalue weighted by Crippen LogP contribution is -2.29. The van der Waals surface area contributed by atoms with Crippen molar-refractivity contribution in [3.8, 4) is 67.3 Å². The van der Waals surface area contributed by atoms with E-state index in [0.29, 0.717) is 5.82 Å². The zero-order chi connectivity index (χ0) is 34.9. The van der Waals surface area contributed by atoms with Crippen LogP contribution in [0.5, 0.6) is 0 Å². The molecular formula is C50H31N3. The van der Waals surface area contributed by atoms with Gasteiger partial charge in [-0.05, 0) is 90.7 Å². The molecule has 7 aromatic carbocycles. The molecule has 11 rings (SSSR count). The molecule has 0 aliphatic heterocycles. The van der Waals surface area contributed by atoms with Crippen LogP contribution in [0.3, 0.4) is 0 Å². The van der Waals surface area contributed by atoms with Crippen molar-refractivity contribution in [1.29, 1.82) is 0 Å². The maximum absolute atomic E-state index is 5.27. The monoisotopic (exact) mass is 673 g/mol. The summed E-state index contributed by atoms with van der Waals surface area (Å²) in [4.78, 5) is 14.8. The Hall–Kier alpha value is -6.97. The van der Waals surface area contributed by atoms with Crippen LogP contribution in [0, 0.1) is 0 Å². The molecule has 0 amide bonds. The lowest BCUT2D eigenvalue weighted by Gasteiger charge is -2.35. The largest absolute Gasteiger partial charge is 0.264 e. The highest BCUT2D eigenvalue weighted by Gasteiger charge is 2.50. The van der Waals surface area contributed by atoms with Crippen molar-refractivity contribution in [2.24, 2.45) is 0 Å². The van der Waals surface area contributed by atoms with E-state index in [2.05, 4.69) is 157 Å². The summed E-state index contributed by atoms with van der Waals surface area (Å²) in [5.74, 6) is 0.685. The first-order valence-corrected chi connectivity index (χ1v) is 18.1. The molecular weight excluding hydrogens is 643 g/mol. The van der Waals surface area contributed by atoms with Gasteiger partial charge in [0.25, 0.3) is 0 Å². The Kier molecular flexibility index (Phi) is 6.47. The summed E-state index contributed by atoms with van der Waals surface area (Å²) in [6.07, 6.45) is 3.67. The van der Waals surface area contributed by atoms with E-state index in [1.807, 2.05) is 30.5 Å². The summed E-state index contributed by atoms with van der Waals surface area (Å²) in [5, 5.41) is 2.52. The topological polar surface area (TPSA) is 38.7 Å². The molecule has 0 saturated carbocycles. The highest BCUT2D eigenvalue weighted by atomic mass is 14.9. The van der Waals surface area contributed by atoms with Crippen LogP contribution in [0.25, 0.3) is 78.1 Å². The van der Waals surface area contributed by atoms with Crippen LogP contribution < -0.4 is 0 Å². The van der Waals surface area contributed by atoms with Crippen molar-refractivity contribution in [2.75, 3.05) is 0 Å². The van der Waals surface area contributed by atoms with E-state index in [1.165, 1.54) is 66.4 Å². The molecule has 1 unspecified atom stereocenters. The second-order valence-electron chi connectivity index (χ2n) is 13.9. The number of pyridine rings is 1. The predicted molar refractivity (Wildman–Crippen MR) is 215 cm³/mol. The molecule has 53 heavy (non-hydrogen) atoms. The van der Waals surface area contributed by atoms with Crippen molar-refractivity contribution in [2.45, 2.75) is 5.41 Å². The van der Waals surface area contributed by atoms with Gasteiger partial charge in [-0.25, -0.2) is 9.97 Å². The first-order valence-electron chi connectivity index (χ1n) is 18.1. The van der Waals surface area contributed by atoms with Gasteiger partial charge in [-0.3, -0.25) is 4.98 Å². The zero-order valence-corrected chi connectivity index (χ0v) is 28.7. The number of hydrogen-bond donors (Lipinski definition) is 0. The van der Waals surface area contributed by atoms with E-state index >= 15 is 0 Å². The fourth-order valence-corrected chi connectivity index (χ4v) is 8.99. The van der Waals surface area contributed by atoms with Crippen LogP contribution in [-0.4, -0.2) is 15.0 Å². The van der Waals surface area contributed by atoms with Crippen molar-refractivity contribution in [3.05, 3.63) is 211 Å². The van der Waals surface area contributed by atoms with Gasteiger partial charge in [-0.1, -0.05) is 152 Å². The molecule has 3 nitrogen and oxygen atoms in total. The number of hydrogen-bond acceptors (Lipinski definition) is 3. The lowest BCUT2D eigenvalue weighted by atomic mass is 9.65. The Morgan fingerprint density at radius 3 is 1.77 bits per heavy atom. The van der Waals surface area contributed by atoms with E-state index < -0.39 is 5.41 Å². The Morgan fingerprint density at radius 1 is 0.377 bits per heavy atom. The molecule has 0 radical (unpaired) electrons. The summed E-state index contributed by atoms with van der Waals surface area (Å²) < 4.78 is 0. The minimum absolute atomic E-state index is 0.599. The molecule has 0 bridgehead atoms. The van der Waals surface area contributed by atoms with E-state index in [1.54, 1.807) is 6.20 Å². The first-order chi connectivity index (χ1) is 26.3. The smallest absolute Gasteiger partial charge is 0.160 e. The van der Waals surface area contributed by atoms with Crippen molar-refractivity contribution >= 4 is 10.8 Å². The quantitative estimate of drug-likeness (QED) is 0.187. The van der Waals surface area contributed by atoms with Gasteiger partial charge in [-0.2, -0.15) is 0 Å². The van der Waals surface area contributed by atoms with Crippen LogP contribution in [0.4, 0.5) is 0 Å². The molecule has 0 N–H and O–H groups in total. The van der Waals surface area contributed by atoms with Gasteiger partial charge in [0.15, 0.2) is 5.82 Å². The van der Waals surface area contributed by atoms with Crippen LogP contribution in [-0.2, 0) is 5.41 Å². The molecule has 2 heterocycles. The van der Waals surface area contributed by atoms with Crippen molar-refractivity contribution < 1.29 is 0 Å². The van der Waals surface area contributed by atoms with Gasteiger partial charge in [0.1, 0.15) is 0 Å². The Labute approximate surface area is 308 Å². The summed E-state index contributed by atoms with van der Waals surface area (Å²) in [5.41, 5.74) is 16.7. The molecule has 2 aromatic heterocycles. The second-order valence-corrected chi connectivity index (χ2v) is 13.9. The minimum atomic E-state index is -0.599. The van der Waals surface area contributed by atoms with Crippen LogP contribution >= 0.6 is 0 Å². The molecule has 1 atom stereocenters. The average molecular weight is 674 g/mol. The lowest BCUT2D eigenvalue weighted by molar-refractivity contribution is 0.776. The Morgan fingerprint density at radius 2 is 1.00 bits per heavy atom. The third kappa shape index (κ3) is 4.31. The molecule has 0 saturated heterocycles. The molecule has 246 valence electrons. The molecule has 1 spiro atoms. The molecule has 0 fully saturated rings. The Balaban J connectivity index is 1.27. The van der Waals surface area contributed by atoms with E-state index in [9.17, 15) is 0 Å². The van der Waals surface area contributed by atoms with Crippen LogP contribution in [0.1, 0.15) is 22.3 Å². The number of nitrogens with zero attached hydrogens (tertiary/aromatic N) is 3. The van der Waals surface area contributed by atoms with Gasteiger partial charge < -0.3 is 0 Å². The minimum Gasteiger partial charge on any atom is -0.264 e. The zero-order valence-electron chi connectivity index (χ0n) is 28.7. The number of rotatable bonds is 3. The standard InChI is InChI=1S/C50H31N3/c1-2-14-33(15-3-1)49-52-46(30-47(53-49)35-16-12-28-51-31-35)34-24-26-40-38-19-7-6-18-37(38)39-20-8-10-22-42(39)50(45(40)29-34)43-23-11-9-21-41(43)48-36-17-5-4-13-32(36)25-27-44(48)50/h1-31H. The van der Waals surface area contributed by atoms with Gasteiger partial charge >= 0.3 is 0 Å². The van der Waals surface area contributed by atoms with Crippen molar-refractivity contribution in [1.82, 2.24) is 15.0 Å². The third-order valence-corrected chi connectivity index (χ3v) is 11.2. The second kappa shape index (κ2) is 11.5. The maximum atomic E-state index is 5.27. The van der Waals surface area contributed by atoms with E-state index in [0.717, 1.165) is 28.1 Å². The van der Waals surface area contributed by atoms with Crippen molar-refractivity contribution in [3.63, 3.8) is 0 Å². The summed E-state index contributed by atoms with van der Waals surface area (Å²) in [6, 6.07) is 63.9. The third-order valence-electron chi connectivity index (χ3n) is 11.2.